The summed E-state index contributed by atoms with van der Waals surface area (Å²) in [6.07, 6.45) is 19.9. The summed E-state index contributed by atoms with van der Waals surface area (Å²) in [5.74, 6) is 1.81. The first-order valence-corrected chi connectivity index (χ1v) is 10.7. The Morgan fingerprint density at radius 2 is 1.44 bits per heavy atom. The number of hydrogen-bond acceptors (Lipinski definition) is 0. The molecule has 0 amide bonds. The van der Waals surface area contributed by atoms with Gasteiger partial charge in [0.1, 0.15) is 0 Å². The van der Waals surface area contributed by atoms with Crippen LogP contribution in [0.5, 0.6) is 0 Å². The lowest BCUT2D eigenvalue weighted by atomic mass is 9.83. The molecule has 0 heterocycles. The van der Waals surface area contributed by atoms with Gasteiger partial charge in [-0.15, -0.1) is 0 Å². The molecule has 2 aliphatic rings. The first-order valence-electron chi connectivity index (χ1n) is 10.7. The van der Waals surface area contributed by atoms with E-state index < -0.39 is 0 Å². The van der Waals surface area contributed by atoms with Crippen molar-refractivity contribution in [3.63, 3.8) is 0 Å². The van der Waals surface area contributed by atoms with Crippen LogP contribution < -0.4 is 0 Å². The van der Waals surface area contributed by atoms with E-state index in [-0.39, 0.29) is 0 Å². The van der Waals surface area contributed by atoms with Crippen LogP contribution in [0.2, 0.25) is 0 Å². The van der Waals surface area contributed by atoms with Gasteiger partial charge < -0.3 is 0 Å². The van der Waals surface area contributed by atoms with Crippen molar-refractivity contribution in [3.8, 4) is 0 Å². The van der Waals surface area contributed by atoms with Crippen LogP contribution in [0.15, 0.2) is 36.4 Å². The van der Waals surface area contributed by atoms with Crippen molar-refractivity contribution in [2.75, 3.05) is 0 Å². The standard InChI is InChI=1S/C25H36/c1-3-4-5-6-7-21-10-14-23(15-11-21)25-18-16-24(17-19-25)22-12-8-20(2)9-13-22/h12,14,16-21H,3-11,13,15H2,1-2H3. The van der Waals surface area contributed by atoms with E-state index in [9.17, 15) is 0 Å². The minimum absolute atomic E-state index is 0.866. The van der Waals surface area contributed by atoms with Crippen molar-refractivity contribution in [1.82, 2.24) is 0 Å². The molecule has 0 radical (unpaired) electrons. The molecule has 1 aromatic carbocycles. The molecule has 0 aromatic heterocycles. The van der Waals surface area contributed by atoms with Crippen molar-refractivity contribution in [2.45, 2.75) is 84.5 Å². The smallest absolute Gasteiger partial charge is 0.0227 e. The van der Waals surface area contributed by atoms with Gasteiger partial charge in [0, 0.05) is 0 Å². The van der Waals surface area contributed by atoms with E-state index in [1.165, 1.54) is 81.8 Å². The predicted molar refractivity (Wildman–Crippen MR) is 112 cm³/mol. The molecule has 1 aromatic rings. The predicted octanol–water partition coefficient (Wildman–Crippen LogP) is 8.04. The monoisotopic (exact) mass is 336 g/mol. The quantitative estimate of drug-likeness (QED) is 0.442. The van der Waals surface area contributed by atoms with Gasteiger partial charge in [-0.05, 0) is 72.6 Å². The zero-order valence-electron chi connectivity index (χ0n) is 16.4. The van der Waals surface area contributed by atoms with Gasteiger partial charge in [0.15, 0.2) is 0 Å². The second-order valence-electron chi connectivity index (χ2n) is 8.41. The molecule has 0 fully saturated rings. The van der Waals surface area contributed by atoms with E-state index in [0.717, 1.165) is 11.8 Å². The van der Waals surface area contributed by atoms with Crippen molar-refractivity contribution in [2.24, 2.45) is 11.8 Å². The van der Waals surface area contributed by atoms with Crippen molar-refractivity contribution >= 4 is 11.1 Å². The molecule has 0 bridgehead atoms. The summed E-state index contributed by atoms with van der Waals surface area (Å²) in [6, 6.07) is 9.44. The molecular weight excluding hydrogens is 300 g/mol. The lowest BCUT2D eigenvalue weighted by Gasteiger charge is -2.22. The van der Waals surface area contributed by atoms with Crippen LogP contribution >= 0.6 is 0 Å². The minimum atomic E-state index is 0.866. The van der Waals surface area contributed by atoms with E-state index >= 15 is 0 Å². The lowest BCUT2D eigenvalue weighted by Crippen LogP contribution is -2.05. The maximum atomic E-state index is 2.53. The van der Waals surface area contributed by atoms with Crippen LogP contribution in [0.3, 0.4) is 0 Å². The Hall–Kier alpha value is -1.30. The van der Waals surface area contributed by atoms with Crippen molar-refractivity contribution < 1.29 is 0 Å². The number of allylic oxidation sites excluding steroid dienone is 4. The Bertz CT molecular complexity index is 587. The summed E-state index contributed by atoms with van der Waals surface area (Å²) in [5.41, 5.74) is 6.05. The first kappa shape index (κ1) is 18.5. The highest BCUT2D eigenvalue weighted by Crippen LogP contribution is 2.34. The highest BCUT2D eigenvalue weighted by Gasteiger charge is 2.16. The third kappa shape index (κ3) is 5.33. The largest absolute Gasteiger partial charge is 0.0805 e. The number of hydrogen-bond donors (Lipinski definition) is 0. The van der Waals surface area contributed by atoms with Crippen LogP contribution in [0.1, 0.15) is 95.6 Å². The summed E-state index contributed by atoms with van der Waals surface area (Å²) in [6.45, 7) is 4.66. The zero-order chi connectivity index (χ0) is 17.5. The molecule has 2 aliphatic carbocycles. The maximum Gasteiger partial charge on any atom is -0.0227 e. The molecule has 3 rings (SSSR count). The van der Waals surface area contributed by atoms with Crippen LogP contribution in [-0.2, 0) is 0 Å². The fourth-order valence-corrected chi connectivity index (χ4v) is 4.40. The molecule has 136 valence electrons. The molecule has 0 N–H and O–H groups in total. The Morgan fingerprint density at radius 1 is 0.800 bits per heavy atom. The molecule has 25 heavy (non-hydrogen) atoms. The Labute approximate surface area is 155 Å². The molecule has 0 aliphatic heterocycles. The third-order valence-corrected chi connectivity index (χ3v) is 6.29. The van der Waals surface area contributed by atoms with Gasteiger partial charge in [0.05, 0.1) is 0 Å². The van der Waals surface area contributed by atoms with E-state index in [1.54, 1.807) is 11.1 Å². The fraction of sp³-hybridized carbons (Fsp3) is 0.600. The molecule has 0 spiro atoms. The summed E-state index contributed by atoms with van der Waals surface area (Å²) in [4.78, 5) is 0. The SMILES string of the molecule is CCCCCCC1CC=C(c2ccc(C3=CCC(C)CC3)cc2)CC1. The fourth-order valence-electron chi connectivity index (χ4n) is 4.40. The average molecular weight is 337 g/mol. The molecule has 2 unspecified atom stereocenters. The topological polar surface area (TPSA) is 0 Å². The van der Waals surface area contributed by atoms with Crippen molar-refractivity contribution in [3.05, 3.63) is 47.5 Å². The number of benzene rings is 1. The number of unbranched alkanes of at least 4 members (excludes halogenated alkanes) is 3. The summed E-state index contributed by atoms with van der Waals surface area (Å²) >= 11 is 0. The molecule has 0 saturated heterocycles. The maximum absolute atomic E-state index is 2.53. The van der Waals surface area contributed by atoms with Crippen LogP contribution in [0, 0.1) is 11.8 Å². The Kier molecular flexibility index (Phi) is 6.96. The molecular formula is C25H36. The third-order valence-electron chi connectivity index (χ3n) is 6.29. The highest BCUT2D eigenvalue weighted by molar-refractivity contribution is 5.71. The van der Waals surface area contributed by atoms with Gasteiger partial charge in [-0.2, -0.15) is 0 Å². The van der Waals surface area contributed by atoms with E-state index in [2.05, 4.69) is 50.3 Å². The Balaban J connectivity index is 1.53. The lowest BCUT2D eigenvalue weighted by molar-refractivity contribution is 0.425. The molecule has 2 atom stereocenters. The van der Waals surface area contributed by atoms with E-state index in [4.69, 9.17) is 0 Å². The van der Waals surface area contributed by atoms with Gasteiger partial charge in [0.2, 0.25) is 0 Å². The normalized spacial score (nSPS) is 23.9. The van der Waals surface area contributed by atoms with E-state index in [1.807, 2.05) is 0 Å². The van der Waals surface area contributed by atoms with Crippen LogP contribution in [-0.4, -0.2) is 0 Å². The minimum Gasteiger partial charge on any atom is -0.0805 e. The first-order chi connectivity index (χ1) is 12.3. The molecule has 0 nitrogen and oxygen atoms in total. The van der Waals surface area contributed by atoms with Gasteiger partial charge in [-0.25, -0.2) is 0 Å². The van der Waals surface area contributed by atoms with Gasteiger partial charge in [0.25, 0.3) is 0 Å². The van der Waals surface area contributed by atoms with Crippen molar-refractivity contribution in [1.29, 1.82) is 0 Å². The van der Waals surface area contributed by atoms with Gasteiger partial charge >= 0.3 is 0 Å². The number of rotatable bonds is 7. The second kappa shape index (κ2) is 9.41. The molecule has 0 saturated carbocycles. The van der Waals surface area contributed by atoms with Gasteiger partial charge in [-0.3, -0.25) is 0 Å². The van der Waals surface area contributed by atoms with Gasteiger partial charge in [-0.1, -0.05) is 82.4 Å². The van der Waals surface area contributed by atoms with Crippen LogP contribution in [0.25, 0.3) is 11.1 Å². The second-order valence-corrected chi connectivity index (χ2v) is 8.41. The summed E-state index contributed by atoms with van der Waals surface area (Å²) in [7, 11) is 0. The summed E-state index contributed by atoms with van der Waals surface area (Å²) < 4.78 is 0. The summed E-state index contributed by atoms with van der Waals surface area (Å²) in [5, 5.41) is 0. The highest BCUT2D eigenvalue weighted by atomic mass is 14.2. The Morgan fingerprint density at radius 3 is 1.96 bits per heavy atom. The van der Waals surface area contributed by atoms with E-state index in [0.29, 0.717) is 0 Å². The average Bonchev–Trinajstić information content (AvgIpc) is 2.67. The molecule has 0 heteroatoms. The van der Waals surface area contributed by atoms with Crippen LogP contribution in [0.4, 0.5) is 0 Å². The zero-order valence-corrected chi connectivity index (χ0v) is 16.4.